The van der Waals surface area contributed by atoms with Crippen molar-refractivity contribution in [2.45, 2.75) is 25.8 Å². The van der Waals surface area contributed by atoms with E-state index in [0.717, 1.165) is 35.2 Å². The average molecular weight is 366 g/mol. The van der Waals surface area contributed by atoms with Gasteiger partial charge < -0.3 is 9.67 Å². The van der Waals surface area contributed by atoms with Gasteiger partial charge in [-0.3, -0.25) is 0 Å². The molecule has 1 aliphatic rings. The van der Waals surface area contributed by atoms with Crippen molar-refractivity contribution in [2.75, 3.05) is 0 Å². The second-order valence-corrected chi connectivity index (χ2v) is 6.92. The van der Waals surface area contributed by atoms with Crippen molar-refractivity contribution in [1.29, 1.82) is 0 Å². The van der Waals surface area contributed by atoms with Crippen molar-refractivity contribution >= 4 is 10.8 Å². The van der Waals surface area contributed by atoms with E-state index in [9.17, 15) is 13.9 Å². The Morgan fingerprint density at radius 1 is 1.11 bits per heavy atom. The SMILES string of the molecule is Cc1c(-c2ccc3c(O)n(C4CC4)cc3c2)nnn1-c1ccc(F)cc1F. The van der Waals surface area contributed by atoms with Crippen LogP contribution in [-0.2, 0) is 0 Å². The van der Waals surface area contributed by atoms with Crippen LogP contribution in [0.1, 0.15) is 24.6 Å². The van der Waals surface area contributed by atoms with Crippen LogP contribution in [0.25, 0.3) is 27.7 Å². The largest absolute Gasteiger partial charge is 0.494 e. The van der Waals surface area contributed by atoms with Gasteiger partial charge in [0.05, 0.1) is 5.69 Å². The van der Waals surface area contributed by atoms with Gasteiger partial charge in [0.15, 0.2) is 11.7 Å². The molecule has 0 saturated heterocycles. The van der Waals surface area contributed by atoms with Crippen LogP contribution < -0.4 is 0 Å². The van der Waals surface area contributed by atoms with E-state index >= 15 is 0 Å². The summed E-state index contributed by atoms with van der Waals surface area (Å²) in [6.45, 7) is 1.79. The predicted octanol–water partition coefficient (Wildman–Crippen LogP) is 4.52. The molecule has 0 atom stereocenters. The van der Waals surface area contributed by atoms with Crippen LogP contribution in [0.3, 0.4) is 0 Å². The van der Waals surface area contributed by atoms with Crippen LogP contribution in [0, 0.1) is 18.6 Å². The van der Waals surface area contributed by atoms with E-state index in [1.807, 2.05) is 29.0 Å². The molecular formula is C20H16F2N4O. The molecule has 136 valence electrons. The zero-order valence-corrected chi connectivity index (χ0v) is 14.5. The molecule has 0 amide bonds. The fourth-order valence-corrected chi connectivity index (χ4v) is 3.48. The van der Waals surface area contributed by atoms with E-state index in [1.54, 1.807) is 6.92 Å². The molecule has 2 heterocycles. The number of nitrogens with zero attached hydrogens (tertiary/aromatic N) is 4. The minimum absolute atomic E-state index is 0.145. The molecule has 2 aromatic carbocycles. The number of benzene rings is 2. The van der Waals surface area contributed by atoms with Gasteiger partial charge in [-0.25, -0.2) is 13.5 Å². The summed E-state index contributed by atoms with van der Waals surface area (Å²) < 4.78 is 30.5. The average Bonchev–Trinajstić information content (AvgIpc) is 3.34. The van der Waals surface area contributed by atoms with Crippen molar-refractivity contribution in [3.05, 3.63) is 59.9 Å². The maximum Gasteiger partial charge on any atom is 0.199 e. The molecule has 0 bridgehead atoms. The van der Waals surface area contributed by atoms with Gasteiger partial charge in [0, 0.05) is 34.6 Å². The van der Waals surface area contributed by atoms with Gasteiger partial charge >= 0.3 is 0 Å². The topological polar surface area (TPSA) is 55.9 Å². The van der Waals surface area contributed by atoms with Crippen molar-refractivity contribution in [1.82, 2.24) is 19.6 Å². The molecule has 1 N–H and O–H groups in total. The lowest BCUT2D eigenvalue weighted by molar-refractivity contribution is 0.424. The molecule has 27 heavy (non-hydrogen) atoms. The Hall–Kier alpha value is -3.22. The van der Waals surface area contributed by atoms with E-state index in [-0.39, 0.29) is 11.6 Å². The monoisotopic (exact) mass is 366 g/mol. The van der Waals surface area contributed by atoms with E-state index < -0.39 is 11.6 Å². The highest BCUT2D eigenvalue weighted by Gasteiger charge is 2.26. The molecule has 1 saturated carbocycles. The van der Waals surface area contributed by atoms with Gasteiger partial charge in [0.2, 0.25) is 0 Å². The summed E-state index contributed by atoms with van der Waals surface area (Å²) >= 11 is 0. The normalized spacial score (nSPS) is 14.2. The summed E-state index contributed by atoms with van der Waals surface area (Å²) in [5, 5.41) is 20.3. The van der Waals surface area contributed by atoms with E-state index in [4.69, 9.17) is 0 Å². The summed E-state index contributed by atoms with van der Waals surface area (Å²) in [4.78, 5) is 0. The first-order valence-corrected chi connectivity index (χ1v) is 8.74. The molecule has 4 aromatic rings. The predicted molar refractivity (Wildman–Crippen MR) is 96.9 cm³/mol. The molecule has 2 aromatic heterocycles. The van der Waals surface area contributed by atoms with Crippen LogP contribution >= 0.6 is 0 Å². The number of aromatic hydroxyl groups is 1. The lowest BCUT2D eigenvalue weighted by Crippen LogP contribution is -2.02. The lowest BCUT2D eigenvalue weighted by atomic mass is 10.1. The Balaban J connectivity index is 1.60. The number of halogens is 2. The van der Waals surface area contributed by atoms with Gasteiger partial charge in [0.1, 0.15) is 17.2 Å². The number of rotatable bonds is 3. The molecule has 0 aliphatic heterocycles. The van der Waals surface area contributed by atoms with Crippen LogP contribution in [0.2, 0.25) is 0 Å². The van der Waals surface area contributed by atoms with Crippen LogP contribution in [0.15, 0.2) is 42.6 Å². The molecule has 5 nitrogen and oxygen atoms in total. The molecule has 0 radical (unpaired) electrons. The van der Waals surface area contributed by atoms with Crippen molar-refractivity contribution in [3.8, 4) is 22.8 Å². The van der Waals surface area contributed by atoms with Gasteiger partial charge in [-0.05, 0) is 44.0 Å². The maximum atomic E-state index is 14.1. The third-order valence-electron chi connectivity index (χ3n) is 5.06. The van der Waals surface area contributed by atoms with E-state index in [1.165, 1.54) is 16.8 Å². The zero-order valence-electron chi connectivity index (χ0n) is 14.5. The van der Waals surface area contributed by atoms with Gasteiger partial charge in [-0.2, -0.15) is 0 Å². The van der Waals surface area contributed by atoms with Gasteiger partial charge in [-0.1, -0.05) is 11.3 Å². The third-order valence-corrected chi connectivity index (χ3v) is 5.06. The highest BCUT2D eigenvalue weighted by molar-refractivity contribution is 5.91. The molecule has 1 aliphatic carbocycles. The fraction of sp³-hybridized carbons (Fsp3) is 0.200. The first-order chi connectivity index (χ1) is 13.0. The number of hydrogen-bond donors (Lipinski definition) is 1. The highest BCUT2D eigenvalue weighted by atomic mass is 19.1. The second kappa shape index (κ2) is 5.64. The van der Waals surface area contributed by atoms with Crippen molar-refractivity contribution in [3.63, 3.8) is 0 Å². The van der Waals surface area contributed by atoms with Crippen LogP contribution in [0.5, 0.6) is 5.88 Å². The first kappa shape index (κ1) is 16.0. The summed E-state index contributed by atoms with van der Waals surface area (Å²) in [5.74, 6) is -1.05. The summed E-state index contributed by atoms with van der Waals surface area (Å²) in [6, 6.07) is 9.39. The summed E-state index contributed by atoms with van der Waals surface area (Å²) in [5.41, 5.74) is 2.22. The minimum Gasteiger partial charge on any atom is -0.494 e. The van der Waals surface area contributed by atoms with Crippen molar-refractivity contribution in [2.24, 2.45) is 0 Å². The zero-order chi connectivity index (χ0) is 18.7. The lowest BCUT2D eigenvalue weighted by Gasteiger charge is -2.05. The van der Waals surface area contributed by atoms with Crippen LogP contribution in [-0.4, -0.2) is 24.7 Å². The number of fused-ring (bicyclic) bond motifs is 1. The number of aromatic nitrogens is 4. The first-order valence-electron chi connectivity index (χ1n) is 8.74. The van der Waals surface area contributed by atoms with Crippen molar-refractivity contribution < 1.29 is 13.9 Å². The Kier molecular flexibility index (Phi) is 3.34. The Morgan fingerprint density at radius 3 is 2.67 bits per heavy atom. The standard InChI is InChI=1S/C20H16F2N4O/c1-11-19(23-24-26(11)18-7-3-14(21)9-17(18)22)12-2-6-16-13(8-12)10-25(20(16)27)15-4-5-15/h2-3,6-10,15,27H,4-5H2,1H3. The smallest absolute Gasteiger partial charge is 0.199 e. The van der Waals surface area contributed by atoms with E-state index in [0.29, 0.717) is 17.4 Å². The molecular weight excluding hydrogens is 350 g/mol. The fourth-order valence-electron chi connectivity index (χ4n) is 3.48. The maximum absolute atomic E-state index is 14.1. The highest BCUT2D eigenvalue weighted by Crippen LogP contribution is 2.42. The molecule has 0 unspecified atom stereocenters. The van der Waals surface area contributed by atoms with Gasteiger partial charge in [0.25, 0.3) is 0 Å². The third kappa shape index (κ3) is 2.50. The second-order valence-electron chi connectivity index (χ2n) is 6.92. The quantitative estimate of drug-likeness (QED) is 0.580. The molecule has 1 fully saturated rings. The Morgan fingerprint density at radius 2 is 1.93 bits per heavy atom. The molecule has 7 heteroatoms. The Labute approximate surface area is 153 Å². The molecule has 0 spiro atoms. The van der Waals surface area contributed by atoms with E-state index in [2.05, 4.69) is 10.3 Å². The minimum atomic E-state index is -0.698. The summed E-state index contributed by atoms with van der Waals surface area (Å²) in [6.07, 6.45) is 4.11. The van der Waals surface area contributed by atoms with Gasteiger partial charge in [-0.15, -0.1) is 5.10 Å². The number of hydrogen-bond acceptors (Lipinski definition) is 3. The molecule has 5 rings (SSSR count). The van der Waals surface area contributed by atoms with Crippen LogP contribution in [0.4, 0.5) is 8.78 Å². The summed E-state index contributed by atoms with van der Waals surface area (Å²) in [7, 11) is 0. The Bertz CT molecular complexity index is 1190.